The van der Waals surface area contributed by atoms with Crippen LogP contribution in [0, 0.1) is 12.7 Å². The van der Waals surface area contributed by atoms with Crippen molar-refractivity contribution in [3.05, 3.63) is 53.8 Å². The molecule has 1 amide bonds. The Hall–Kier alpha value is -2.56. The van der Waals surface area contributed by atoms with E-state index in [1.807, 2.05) is 25.1 Å². The molecule has 0 heterocycles. The maximum absolute atomic E-state index is 13.2. The van der Waals surface area contributed by atoms with Gasteiger partial charge in [0.25, 0.3) is 5.91 Å². The third-order valence-corrected chi connectivity index (χ3v) is 2.80. The summed E-state index contributed by atoms with van der Waals surface area (Å²) in [6, 6.07) is 11.3. The number of hydrogen-bond donors (Lipinski definition) is 1. The van der Waals surface area contributed by atoms with E-state index in [-0.39, 0.29) is 18.2 Å². The van der Waals surface area contributed by atoms with Crippen LogP contribution in [0.1, 0.15) is 5.56 Å². The number of halogens is 1. The molecular weight excluding hydrogens is 273 g/mol. The number of rotatable bonds is 5. The quantitative estimate of drug-likeness (QED) is 0.919. The Balaban J connectivity index is 1.97. The fourth-order valence-corrected chi connectivity index (χ4v) is 1.82. The third-order valence-electron chi connectivity index (χ3n) is 2.80. The minimum Gasteiger partial charge on any atom is -0.495 e. The second-order valence-electron chi connectivity index (χ2n) is 4.50. The van der Waals surface area contributed by atoms with Gasteiger partial charge in [-0.15, -0.1) is 0 Å². The molecule has 0 saturated carbocycles. The molecule has 0 unspecified atom stereocenters. The highest BCUT2D eigenvalue weighted by Gasteiger charge is 2.09. The zero-order chi connectivity index (χ0) is 15.2. The molecule has 110 valence electrons. The van der Waals surface area contributed by atoms with E-state index in [0.29, 0.717) is 11.5 Å². The highest BCUT2D eigenvalue weighted by Crippen LogP contribution is 2.24. The number of ether oxygens (including phenoxy) is 2. The van der Waals surface area contributed by atoms with Gasteiger partial charge in [0.05, 0.1) is 12.8 Å². The van der Waals surface area contributed by atoms with Crippen LogP contribution >= 0.6 is 0 Å². The Bertz CT molecular complexity index is 643. The van der Waals surface area contributed by atoms with Gasteiger partial charge in [-0.05, 0) is 36.8 Å². The first-order chi connectivity index (χ1) is 10.1. The van der Waals surface area contributed by atoms with Crippen molar-refractivity contribution in [2.45, 2.75) is 6.92 Å². The molecule has 0 aliphatic heterocycles. The predicted octanol–water partition coefficient (Wildman–Crippen LogP) is 3.16. The van der Waals surface area contributed by atoms with Crippen molar-refractivity contribution in [2.75, 3.05) is 19.0 Å². The van der Waals surface area contributed by atoms with E-state index in [2.05, 4.69) is 5.32 Å². The average Bonchev–Trinajstić information content (AvgIpc) is 2.45. The van der Waals surface area contributed by atoms with Gasteiger partial charge in [-0.1, -0.05) is 12.1 Å². The van der Waals surface area contributed by atoms with Crippen molar-refractivity contribution in [2.24, 2.45) is 0 Å². The maximum Gasteiger partial charge on any atom is 0.262 e. The smallest absolute Gasteiger partial charge is 0.262 e. The first kappa shape index (κ1) is 14.8. The molecule has 0 fully saturated rings. The van der Waals surface area contributed by atoms with E-state index in [4.69, 9.17) is 9.47 Å². The molecule has 0 bridgehead atoms. The molecule has 4 nitrogen and oxygen atoms in total. The molecule has 0 radical (unpaired) electrons. The number of hydrogen-bond acceptors (Lipinski definition) is 3. The number of methoxy groups -OCH3 is 1. The Morgan fingerprint density at radius 3 is 2.76 bits per heavy atom. The molecule has 0 spiro atoms. The van der Waals surface area contributed by atoms with Crippen LogP contribution in [-0.4, -0.2) is 19.6 Å². The van der Waals surface area contributed by atoms with Crippen LogP contribution in [-0.2, 0) is 4.79 Å². The van der Waals surface area contributed by atoms with Crippen LogP contribution in [0.25, 0.3) is 0 Å². The zero-order valence-electron chi connectivity index (χ0n) is 11.9. The monoisotopic (exact) mass is 289 g/mol. The zero-order valence-corrected chi connectivity index (χ0v) is 11.9. The first-order valence-corrected chi connectivity index (χ1v) is 6.41. The molecule has 1 N–H and O–H groups in total. The van der Waals surface area contributed by atoms with Gasteiger partial charge in [-0.25, -0.2) is 4.39 Å². The molecule has 2 aromatic carbocycles. The van der Waals surface area contributed by atoms with E-state index >= 15 is 0 Å². The van der Waals surface area contributed by atoms with Gasteiger partial charge in [0.2, 0.25) is 0 Å². The van der Waals surface area contributed by atoms with Gasteiger partial charge in [-0.2, -0.15) is 0 Å². The van der Waals surface area contributed by atoms with Gasteiger partial charge in [0.1, 0.15) is 17.3 Å². The summed E-state index contributed by atoms with van der Waals surface area (Å²) in [5.74, 6) is 0.155. The summed E-state index contributed by atoms with van der Waals surface area (Å²) in [5, 5.41) is 2.56. The number of benzene rings is 2. The Morgan fingerprint density at radius 1 is 1.24 bits per heavy atom. The van der Waals surface area contributed by atoms with Gasteiger partial charge in [0, 0.05) is 6.07 Å². The lowest BCUT2D eigenvalue weighted by molar-refractivity contribution is -0.118. The van der Waals surface area contributed by atoms with Gasteiger partial charge in [-0.3, -0.25) is 4.79 Å². The summed E-state index contributed by atoms with van der Waals surface area (Å²) < 4.78 is 23.6. The van der Waals surface area contributed by atoms with Gasteiger partial charge < -0.3 is 14.8 Å². The molecule has 21 heavy (non-hydrogen) atoms. The van der Waals surface area contributed by atoms with Gasteiger partial charge >= 0.3 is 0 Å². The molecule has 2 rings (SSSR count). The summed E-state index contributed by atoms with van der Waals surface area (Å²) in [5.41, 5.74) is 1.31. The Labute approximate surface area is 122 Å². The fourth-order valence-electron chi connectivity index (χ4n) is 1.82. The average molecular weight is 289 g/mol. The van der Waals surface area contributed by atoms with Crippen molar-refractivity contribution < 1.29 is 18.7 Å². The van der Waals surface area contributed by atoms with Crippen LogP contribution < -0.4 is 14.8 Å². The van der Waals surface area contributed by atoms with Gasteiger partial charge in [0.15, 0.2) is 6.61 Å². The molecular formula is C16H16FNO3. The summed E-state index contributed by atoms with van der Waals surface area (Å²) in [6.07, 6.45) is 0. The third kappa shape index (κ3) is 4.21. The highest BCUT2D eigenvalue weighted by atomic mass is 19.1. The maximum atomic E-state index is 13.2. The standard InChI is InChI=1S/C16H16FNO3/c1-11-4-3-5-13(8-11)21-10-16(19)18-14-9-12(17)6-7-15(14)20-2/h3-9H,10H2,1-2H3,(H,18,19). The lowest BCUT2D eigenvalue weighted by atomic mass is 10.2. The van der Waals surface area contributed by atoms with Crippen LogP contribution in [0.15, 0.2) is 42.5 Å². The van der Waals surface area contributed by atoms with Crippen LogP contribution in [0.3, 0.4) is 0 Å². The molecule has 5 heteroatoms. The molecule has 0 aliphatic carbocycles. The van der Waals surface area contributed by atoms with E-state index in [1.165, 1.54) is 25.3 Å². The number of carbonyl (C=O) groups is 1. The molecule has 0 aliphatic rings. The minimum atomic E-state index is -0.453. The van der Waals surface area contributed by atoms with Crippen LogP contribution in [0.4, 0.5) is 10.1 Å². The Kier molecular flexibility index (Phi) is 4.77. The number of nitrogens with one attached hydrogen (secondary N) is 1. The molecule has 0 aromatic heterocycles. The molecule has 0 saturated heterocycles. The SMILES string of the molecule is COc1ccc(F)cc1NC(=O)COc1cccc(C)c1. The normalized spacial score (nSPS) is 10.0. The number of carbonyl (C=O) groups excluding carboxylic acids is 1. The second-order valence-corrected chi connectivity index (χ2v) is 4.50. The summed E-state index contributed by atoms with van der Waals surface area (Å²) in [7, 11) is 1.45. The van der Waals surface area contributed by atoms with Crippen molar-refractivity contribution in [1.82, 2.24) is 0 Å². The first-order valence-electron chi connectivity index (χ1n) is 6.41. The lowest BCUT2D eigenvalue weighted by Gasteiger charge is -2.11. The van der Waals surface area contributed by atoms with E-state index in [0.717, 1.165) is 5.56 Å². The Morgan fingerprint density at radius 2 is 2.05 bits per heavy atom. The van der Waals surface area contributed by atoms with Crippen LogP contribution in [0.5, 0.6) is 11.5 Å². The topological polar surface area (TPSA) is 47.6 Å². The largest absolute Gasteiger partial charge is 0.495 e. The van der Waals surface area contributed by atoms with E-state index in [1.54, 1.807) is 6.07 Å². The van der Waals surface area contributed by atoms with Crippen LogP contribution in [0.2, 0.25) is 0 Å². The van der Waals surface area contributed by atoms with E-state index in [9.17, 15) is 9.18 Å². The minimum absolute atomic E-state index is 0.164. The second kappa shape index (κ2) is 6.74. The fraction of sp³-hybridized carbons (Fsp3) is 0.188. The number of aryl methyl sites for hydroxylation is 1. The van der Waals surface area contributed by atoms with E-state index < -0.39 is 5.82 Å². The highest BCUT2D eigenvalue weighted by molar-refractivity contribution is 5.93. The summed E-state index contributed by atoms with van der Waals surface area (Å²) in [4.78, 5) is 11.8. The lowest BCUT2D eigenvalue weighted by Crippen LogP contribution is -2.20. The number of anilines is 1. The summed E-state index contributed by atoms with van der Waals surface area (Å²) >= 11 is 0. The predicted molar refractivity (Wildman–Crippen MR) is 78.3 cm³/mol. The van der Waals surface area contributed by atoms with Crippen molar-refractivity contribution >= 4 is 11.6 Å². The number of amides is 1. The van der Waals surface area contributed by atoms with Crippen molar-refractivity contribution in [3.63, 3.8) is 0 Å². The molecule has 0 atom stereocenters. The summed E-state index contributed by atoms with van der Waals surface area (Å²) in [6.45, 7) is 1.77. The van der Waals surface area contributed by atoms with Crippen molar-refractivity contribution in [1.29, 1.82) is 0 Å². The van der Waals surface area contributed by atoms with Crippen molar-refractivity contribution in [3.8, 4) is 11.5 Å². The molecule has 2 aromatic rings.